The number of carbonyl (C=O) groups excluding carboxylic acids is 2. The fourth-order valence-corrected chi connectivity index (χ4v) is 4.49. The second-order valence-corrected chi connectivity index (χ2v) is 8.23. The summed E-state index contributed by atoms with van der Waals surface area (Å²) in [6, 6.07) is 2.91. The molecule has 5 atom stereocenters. The number of thioether (sulfide) groups is 1. The Morgan fingerprint density at radius 2 is 2.21 bits per heavy atom. The largest absolute Gasteiger partial charge is 0.463 e. The van der Waals surface area contributed by atoms with E-state index in [-0.39, 0.29) is 18.2 Å². The van der Waals surface area contributed by atoms with E-state index in [2.05, 4.69) is 30.9 Å². The maximum atomic E-state index is 11.7. The van der Waals surface area contributed by atoms with Crippen LogP contribution >= 0.6 is 27.7 Å². The summed E-state index contributed by atoms with van der Waals surface area (Å²) in [5.41, 5.74) is 8.47. The summed E-state index contributed by atoms with van der Waals surface area (Å²) in [6.45, 7) is 4.27. The zero-order chi connectivity index (χ0) is 21.6. The van der Waals surface area contributed by atoms with Gasteiger partial charge in [0.25, 0.3) is 0 Å². The molecule has 2 rings (SSSR count). The topological polar surface area (TPSA) is 147 Å². The Bertz CT molecular complexity index is 872. The average Bonchev–Trinajstić information content (AvgIpc) is 2.65. The number of azide groups is 1. The minimum absolute atomic E-state index is 0.0346. The van der Waals surface area contributed by atoms with Gasteiger partial charge in [-0.15, -0.1) is 0 Å². The molecule has 0 bridgehead atoms. The Labute approximate surface area is 179 Å². The first kappa shape index (κ1) is 23.0. The van der Waals surface area contributed by atoms with E-state index in [1.54, 1.807) is 13.0 Å². The summed E-state index contributed by atoms with van der Waals surface area (Å²) in [5, 5.41) is 12.8. The van der Waals surface area contributed by atoms with Gasteiger partial charge in [-0.05, 0) is 33.4 Å². The van der Waals surface area contributed by atoms with Crippen molar-refractivity contribution in [2.24, 2.45) is 11.0 Å². The van der Waals surface area contributed by atoms with E-state index in [0.29, 0.717) is 9.37 Å². The number of carbonyl (C=O) groups is 2. The second kappa shape index (κ2) is 10.5. The molecule has 0 saturated carbocycles. The molecule has 0 spiro atoms. The summed E-state index contributed by atoms with van der Waals surface area (Å²) >= 11 is 4.47. The molecule has 12 heteroatoms. The van der Waals surface area contributed by atoms with Crippen molar-refractivity contribution in [3.05, 3.63) is 32.9 Å². The van der Waals surface area contributed by atoms with Gasteiger partial charge in [-0.25, -0.2) is 4.98 Å². The molecule has 1 aromatic rings. The van der Waals surface area contributed by atoms with Crippen LogP contribution < -0.4 is 0 Å². The van der Waals surface area contributed by atoms with E-state index in [9.17, 15) is 9.59 Å². The van der Waals surface area contributed by atoms with Gasteiger partial charge in [-0.2, -0.15) is 5.26 Å². The third-order valence-corrected chi connectivity index (χ3v) is 5.86. The summed E-state index contributed by atoms with van der Waals surface area (Å²) in [4.78, 5) is 30.4. The Balaban J connectivity index is 2.35. The molecule has 0 N–H and O–H groups in total. The van der Waals surface area contributed by atoms with Crippen LogP contribution in [0, 0.1) is 17.2 Å². The standard InChI is InChI=1S/C17H18BrN5O5S/c1-8-14(7-26-9(2)24)28-17(16(27-10(3)25)15(8)22-23-20)29-11-4-12(18)13(5-19)21-6-11/h4,6,8,14-17H,7H2,1-3H3/t8-,14?,15?,16-,17+/m0/s1. The normalized spacial score (nSPS) is 26.0. The first-order valence-electron chi connectivity index (χ1n) is 8.49. The lowest BCUT2D eigenvalue weighted by molar-refractivity contribution is -0.176. The number of hydrogen-bond acceptors (Lipinski definition) is 9. The highest BCUT2D eigenvalue weighted by Crippen LogP contribution is 2.39. The monoisotopic (exact) mass is 483 g/mol. The smallest absolute Gasteiger partial charge is 0.303 e. The van der Waals surface area contributed by atoms with Crippen molar-refractivity contribution in [1.29, 1.82) is 5.26 Å². The molecule has 1 saturated heterocycles. The van der Waals surface area contributed by atoms with Crippen LogP contribution in [0.3, 0.4) is 0 Å². The van der Waals surface area contributed by atoms with E-state index in [4.69, 9.17) is 25.0 Å². The number of esters is 2. The number of halogens is 1. The van der Waals surface area contributed by atoms with E-state index in [0.717, 1.165) is 0 Å². The van der Waals surface area contributed by atoms with Gasteiger partial charge < -0.3 is 14.2 Å². The van der Waals surface area contributed by atoms with Crippen LogP contribution in [0.1, 0.15) is 26.5 Å². The number of hydrogen-bond donors (Lipinski definition) is 0. The van der Waals surface area contributed by atoms with Gasteiger partial charge >= 0.3 is 11.9 Å². The number of pyridine rings is 1. The summed E-state index contributed by atoms with van der Waals surface area (Å²) < 4.78 is 17.0. The number of rotatable bonds is 6. The van der Waals surface area contributed by atoms with Crippen molar-refractivity contribution in [3.8, 4) is 6.07 Å². The molecule has 0 aliphatic carbocycles. The summed E-state index contributed by atoms with van der Waals surface area (Å²) in [5.74, 6) is -1.39. The van der Waals surface area contributed by atoms with Crippen LogP contribution in [-0.4, -0.2) is 47.2 Å². The summed E-state index contributed by atoms with van der Waals surface area (Å²) in [7, 11) is 0. The van der Waals surface area contributed by atoms with Crippen molar-refractivity contribution < 1.29 is 23.8 Å². The molecule has 0 radical (unpaired) electrons. The van der Waals surface area contributed by atoms with Crippen LogP contribution in [0.5, 0.6) is 0 Å². The van der Waals surface area contributed by atoms with E-state index >= 15 is 0 Å². The molecule has 154 valence electrons. The molecule has 0 aromatic carbocycles. The predicted octanol–water partition coefficient (Wildman–Crippen LogP) is 3.34. The molecule has 0 amide bonds. The van der Waals surface area contributed by atoms with Crippen molar-refractivity contribution in [3.63, 3.8) is 0 Å². The number of ether oxygens (including phenoxy) is 3. The molecule has 1 aliphatic rings. The number of aromatic nitrogens is 1. The molecule has 1 fully saturated rings. The van der Waals surface area contributed by atoms with Crippen LogP contribution in [0.25, 0.3) is 10.4 Å². The van der Waals surface area contributed by atoms with Gasteiger partial charge in [-0.1, -0.05) is 23.8 Å². The van der Waals surface area contributed by atoms with Crippen molar-refractivity contribution in [2.75, 3.05) is 6.61 Å². The summed E-state index contributed by atoms with van der Waals surface area (Å²) in [6.07, 6.45) is 0.0454. The minimum atomic E-state index is -0.869. The molecule has 1 aromatic heterocycles. The maximum Gasteiger partial charge on any atom is 0.303 e. The molecule has 2 heterocycles. The lowest BCUT2D eigenvalue weighted by Gasteiger charge is -2.43. The highest BCUT2D eigenvalue weighted by molar-refractivity contribution is 9.10. The van der Waals surface area contributed by atoms with Crippen LogP contribution in [0.15, 0.2) is 26.7 Å². The molecule has 29 heavy (non-hydrogen) atoms. The zero-order valence-corrected chi connectivity index (χ0v) is 18.2. The van der Waals surface area contributed by atoms with Gasteiger partial charge in [0, 0.05) is 29.9 Å². The first-order chi connectivity index (χ1) is 13.8. The Hall–Kier alpha value is -2.32. The van der Waals surface area contributed by atoms with Gasteiger partial charge in [-0.3, -0.25) is 9.59 Å². The lowest BCUT2D eigenvalue weighted by atomic mass is 9.89. The molecule has 10 nitrogen and oxygen atoms in total. The molecule has 2 unspecified atom stereocenters. The van der Waals surface area contributed by atoms with Crippen LogP contribution in [0.4, 0.5) is 0 Å². The molecular formula is C17H18BrN5O5S. The van der Waals surface area contributed by atoms with E-state index in [1.807, 2.05) is 6.07 Å². The third-order valence-electron chi connectivity index (χ3n) is 4.15. The van der Waals surface area contributed by atoms with Gasteiger partial charge in [0.15, 0.2) is 5.69 Å². The Morgan fingerprint density at radius 3 is 2.76 bits per heavy atom. The Kier molecular flexibility index (Phi) is 8.28. The average molecular weight is 484 g/mol. The van der Waals surface area contributed by atoms with Gasteiger partial charge in [0.1, 0.15) is 24.2 Å². The SMILES string of the molecule is CC(=O)OCC1O[C@H](Sc2cnc(C#N)c(Br)c2)[C@@H](OC(C)=O)C(N=[N+]=[N-])[C@H]1C. The zero-order valence-electron chi connectivity index (χ0n) is 15.8. The minimum Gasteiger partial charge on any atom is -0.463 e. The van der Waals surface area contributed by atoms with Crippen LogP contribution in [-0.2, 0) is 23.8 Å². The predicted molar refractivity (Wildman–Crippen MR) is 105 cm³/mol. The van der Waals surface area contributed by atoms with E-state index < -0.39 is 35.6 Å². The number of nitrogens with zero attached hydrogens (tertiary/aromatic N) is 5. The van der Waals surface area contributed by atoms with Crippen LogP contribution in [0.2, 0.25) is 0 Å². The Morgan fingerprint density at radius 1 is 1.48 bits per heavy atom. The van der Waals surface area contributed by atoms with Crippen molar-refractivity contribution in [1.82, 2.24) is 4.98 Å². The molecular weight excluding hydrogens is 466 g/mol. The fourth-order valence-electron chi connectivity index (χ4n) is 2.79. The van der Waals surface area contributed by atoms with Gasteiger partial charge in [0.2, 0.25) is 0 Å². The van der Waals surface area contributed by atoms with Crippen molar-refractivity contribution in [2.45, 2.75) is 49.4 Å². The number of nitriles is 1. The third kappa shape index (κ3) is 6.08. The lowest BCUT2D eigenvalue weighted by Crippen LogP contribution is -2.54. The fraction of sp³-hybridized carbons (Fsp3) is 0.529. The second-order valence-electron chi connectivity index (χ2n) is 6.21. The first-order valence-corrected chi connectivity index (χ1v) is 10.2. The van der Waals surface area contributed by atoms with Crippen molar-refractivity contribution >= 4 is 39.6 Å². The van der Waals surface area contributed by atoms with Gasteiger partial charge in [0.05, 0.1) is 16.6 Å². The highest BCUT2D eigenvalue weighted by atomic mass is 79.9. The van der Waals surface area contributed by atoms with E-state index in [1.165, 1.54) is 31.8 Å². The quantitative estimate of drug-likeness (QED) is 0.258. The molecule has 1 aliphatic heterocycles. The highest BCUT2D eigenvalue weighted by Gasteiger charge is 2.46. The maximum absolute atomic E-state index is 11.7.